The molecule has 0 rings (SSSR count). The molecule has 0 radical (unpaired) electrons. The monoisotopic (exact) mass is 214 g/mol. The highest BCUT2D eigenvalue weighted by Gasteiger charge is 2.12. The summed E-state index contributed by atoms with van der Waals surface area (Å²) in [6, 6.07) is 0.291. The lowest BCUT2D eigenvalue weighted by Crippen LogP contribution is -2.45. The molecule has 1 amide bonds. The number of hydrogen-bond donors (Lipinski definition) is 2. The van der Waals surface area contributed by atoms with Gasteiger partial charge in [0.15, 0.2) is 0 Å². The van der Waals surface area contributed by atoms with Crippen molar-refractivity contribution in [1.82, 2.24) is 10.6 Å². The van der Waals surface area contributed by atoms with Crippen molar-refractivity contribution in [3.63, 3.8) is 0 Å². The van der Waals surface area contributed by atoms with Gasteiger partial charge < -0.3 is 10.6 Å². The van der Waals surface area contributed by atoms with Gasteiger partial charge in [-0.3, -0.25) is 4.79 Å². The first-order valence-electron chi connectivity index (χ1n) is 5.89. The van der Waals surface area contributed by atoms with Crippen LogP contribution in [0.5, 0.6) is 0 Å². The van der Waals surface area contributed by atoms with E-state index in [1.165, 1.54) is 12.8 Å². The number of rotatable bonds is 6. The van der Waals surface area contributed by atoms with Gasteiger partial charge in [-0.1, -0.05) is 19.8 Å². The van der Waals surface area contributed by atoms with E-state index >= 15 is 0 Å². The van der Waals surface area contributed by atoms with Crippen LogP contribution in [0.1, 0.15) is 53.9 Å². The second-order valence-corrected chi connectivity index (χ2v) is 5.21. The van der Waals surface area contributed by atoms with Gasteiger partial charge in [-0.2, -0.15) is 0 Å². The van der Waals surface area contributed by atoms with Crippen LogP contribution in [-0.2, 0) is 4.79 Å². The zero-order valence-corrected chi connectivity index (χ0v) is 10.8. The first kappa shape index (κ1) is 14.4. The molecule has 0 aliphatic heterocycles. The Bertz CT molecular complexity index is 185. The van der Waals surface area contributed by atoms with Crippen molar-refractivity contribution in [2.24, 2.45) is 0 Å². The van der Waals surface area contributed by atoms with Crippen LogP contribution >= 0.6 is 0 Å². The highest BCUT2D eigenvalue weighted by molar-refractivity contribution is 5.78. The Kier molecular flexibility index (Phi) is 6.57. The normalized spacial score (nSPS) is 13.7. The molecule has 0 fully saturated rings. The van der Waals surface area contributed by atoms with E-state index in [0.717, 1.165) is 6.42 Å². The summed E-state index contributed by atoms with van der Waals surface area (Å²) < 4.78 is 0. The molecule has 0 spiro atoms. The third-order valence-corrected chi connectivity index (χ3v) is 2.18. The lowest BCUT2D eigenvalue weighted by molar-refractivity contribution is -0.121. The summed E-state index contributed by atoms with van der Waals surface area (Å²) in [7, 11) is 0. The Labute approximate surface area is 94.0 Å². The predicted molar refractivity (Wildman–Crippen MR) is 64.9 cm³/mol. The molecular weight excluding hydrogens is 188 g/mol. The minimum Gasteiger partial charge on any atom is -0.353 e. The van der Waals surface area contributed by atoms with Crippen LogP contribution in [0.2, 0.25) is 0 Å². The third-order valence-electron chi connectivity index (χ3n) is 2.18. The maximum Gasteiger partial charge on any atom is 0.234 e. The standard InChI is InChI=1S/C12H26N2O/c1-6-7-8-10(2)14-11(15)9-13-12(3,4)5/h10,13H,6-9H2,1-5H3,(H,14,15). The molecule has 0 heterocycles. The lowest BCUT2D eigenvalue weighted by Gasteiger charge is -2.21. The van der Waals surface area contributed by atoms with E-state index in [-0.39, 0.29) is 11.4 Å². The Morgan fingerprint density at radius 3 is 2.40 bits per heavy atom. The summed E-state index contributed by atoms with van der Waals surface area (Å²) in [6.45, 7) is 10.8. The number of hydrogen-bond acceptors (Lipinski definition) is 2. The molecule has 0 saturated heterocycles. The van der Waals surface area contributed by atoms with Crippen LogP contribution in [0.4, 0.5) is 0 Å². The van der Waals surface area contributed by atoms with Crippen molar-refractivity contribution in [2.45, 2.75) is 65.5 Å². The Balaban J connectivity index is 3.64. The Morgan fingerprint density at radius 1 is 1.33 bits per heavy atom. The minimum atomic E-state index is 0.00396. The maximum absolute atomic E-state index is 11.5. The highest BCUT2D eigenvalue weighted by atomic mass is 16.1. The average Bonchev–Trinajstić information content (AvgIpc) is 2.10. The molecule has 0 aromatic heterocycles. The molecule has 3 nitrogen and oxygen atoms in total. The van der Waals surface area contributed by atoms with E-state index < -0.39 is 0 Å². The van der Waals surface area contributed by atoms with Crippen LogP contribution in [0.3, 0.4) is 0 Å². The van der Waals surface area contributed by atoms with E-state index in [1.54, 1.807) is 0 Å². The Morgan fingerprint density at radius 2 is 1.93 bits per heavy atom. The number of nitrogens with one attached hydrogen (secondary N) is 2. The van der Waals surface area contributed by atoms with Crippen LogP contribution in [0.15, 0.2) is 0 Å². The summed E-state index contributed by atoms with van der Waals surface area (Å²) in [5, 5.41) is 6.16. The van der Waals surface area contributed by atoms with E-state index in [1.807, 2.05) is 0 Å². The summed E-state index contributed by atoms with van der Waals surface area (Å²) in [5.74, 6) is 0.0912. The fourth-order valence-corrected chi connectivity index (χ4v) is 1.25. The molecular formula is C12H26N2O. The highest BCUT2D eigenvalue weighted by Crippen LogP contribution is 2.00. The van der Waals surface area contributed by atoms with Gasteiger partial charge in [-0.05, 0) is 34.1 Å². The summed E-state index contributed by atoms with van der Waals surface area (Å²) in [4.78, 5) is 11.5. The maximum atomic E-state index is 11.5. The lowest BCUT2D eigenvalue weighted by atomic mass is 10.1. The van der Waals surface area contributed by atoms with Crippen LogP contribution < -0.4 is 10.6 Å². The molecule has 2 N–H and O–H groups in total. The van der Waals surface area contributed by atoms with Gasteiger partial charge in [0.1, 0.15) is 0 Å². The SMILES string of the molecule is CCCCC(C)NC(=O)CNC(C)(C)C. The molecule has 1 atom stereocenters. The van der Waals surface area contributed by atoms with Crippen molar-refractivity contribution in [2.75, 3.05) is 6.54 Å². The van der Waals surface area contributed by atoms with Gasteiger partial charge in [-0.25, -0.2) is 0 Å². The Hall–Kier alpha value is -0.570. The van der Waals surface area contributed by atoms with Crippen molar-refractivity contribution < 1.29 is 4.79 Å². The van der Waals surface area contributed by atoms with Crippen molar-refractivity contribution in [3.8, 4) is 0 Å². The molecule has 15 heavy (non-hydrogen) atoms. The van der Waals surface area contributed by atoms with Gasteiger partial charge in [-0.15, -0.1) is 0 Å². The van der Waals surface area contributed by atoms with Crippen LogP contribution in [0, 0.1) is 0 Å². The molecule has 0 aromatic carbocycles. The van der Waals surface area contributed by atoms with E-state index in [4.69, 9.17) is 0 Å². The van der Waals surface area contributed by atoms with Crippen molar-refractivity contribution in [1.29, 1.82) is 0 Å². The van der Waals surface area contributed by atoms with Crippen molar-refractivity contribution in [3.05, 3.63) is 0 Å². The molecule has 90 valence electrons. The largest absolute Gasteiger partial charge is 0.353 e. The number of carbonyl (C=O) groups excluding carboxylic acids is 1. The van der Waals surface area contributed by atoms with E-state index in [0.29, 0.717) is 12.6 Å². The molecule has 0 aliphatic rings. The number of unbranched alkanes of at least 4 members (excludes halogenated alkanes) is 1. The number of carbonyl (C=O) groups is 1. The zero-order valence-electron chi connectivity index (χ0n) is 10.8. The van der Waals surface area contributed by atoms with Gasteiger partial charge in [0.2, 0.25) is 5.91 Å². The first-order valence-corrected chi connectivity index (χ1v) is 5.89. The summed E-state index contributed by atoms with van der Waals surface area (Å²) in [5.41, 5.74) is 0.00396. The quantitative estimate of drug-likeness (QED) is 0.710. The fourth-order valence-electron chi connectivity index (χ4n) is 1.25. The van der Waals surface area contributed by atoms with Crippen LogP contribution in [0.25, 0.3) is 0 Å². The minimum absolute atomic E-state index is 0.00396. The van der Waals surface area contributed by atoms with Gasteiger partial charge in [0, 0.05) is 11.6 Å². The predicted octanol–water partition coefficient (Wildman–Crippen LogP) is 2.07. The molecule has 0 bridgehead atoms. The molecule has 3 heteroatoms. The second-order valence-electron chi connectivity index (χ2n) is 5.21. The molecule has 0 aromatic rings. The van der Waals surface area contributed by atoms with E-state index in [9.17, 15) is 4.79 Å². The smallest absolute Gasteiger partial charge is 0.234 e. The molecule has 0 saturated carbocycles. The van der Waals surface area contributed by atoms with Gasteiger partial charge >= 0.3 is 0 Å². The third kappa shape index (κ3) is 9.73. The number of amides is 1. The fraction of sp³-hybridized carbons (Fsp3) is 0.917. The molecule has 0 aliphatic carbocycles. The topological polar surface area (TPSA) is 41.1 Å². The average molecular weight is 214 g/mol. The molecule has 1 unspecified atom stereocenters. The summed E-state index contributed by atoms with van der Waals surface area (Å²) >= 11 is 0. The zero-order chi connectivity index (χ0) is 11.9. The van der Waals surface area contributed by atoms with E-state index in [2.05, 4.69) is 45.3 Å². The van der Waals surface area contributed by atoms with Crippen LogP contribution in [-0.4, -0.2) is 24.0 Å². The second kappa shape index (κ2) is 6.83. The summed E-state index contributed by atoms with van der Waals surface area (Å²) in [6.07, 6.45) is 3.42. The van der Waals surface area contributed by atoms with Crippen molar-refractivity contribution >= 4 is 5.91 Å². The van der Waals surface area contributed by atoms with Gasteiger partial charge in [0.25, 0.3) is 0 Å². The van der Waals surface area contributed by atoms with Gasteiger partial charge in [0.05, 0.1) is 6.54 Å². The first-order chi connectivity index (χ1) is 6.85.